The molecule has 136 valence electrons. The Labute approximate surface area is 149 Å². The summed E-state index contributed by atoms with van der Waals surface area (Å²) in [6, 6.07) is 8.20. The molecule has 3 rings (SSSR count). The van der Waals surface area contributed by atoms with Gasteiger partial charge in [-0.25, -0.2) is 0 Å². The van der Waals surface area contributed by atoms with Gasteiger partial charge in [0.25, 0.3) is 0 Å². The molecule has 2 aromatic rings. The number of aryl methyl sites for hydroxylation is 1. The molecule has 2 N–H and O–H groups in total. The van der Waals surface area contributed by atoms with Crippen molar-refractivity contribution in [1.29, 1.82) is 0 Å². The Hall–Kier alpha value is -1.85. The molecule has 0 spiro atoms. The molecule has 1 amide bonds. The summed E-state index contributed by atoms with van der Waals surface area (Å²) in [7, 11) is 3.96. The second-order valence-corrected chi connectivity index (χ2v) is 7.56. The van der Waals surface area contributed by atoms with Crippen LogP contribution in [0.25, 0.3) is 10.9 Å². The van der Waals surface area contributed by atoms with Gasteiger partial charge in [-0.05, 0) is 51.4 Å². The molecular weight excluding hydrogens is 314 g/mol. The van der Waals surface area contributed by atoms with Crippen LogP contribution in [0.3, 0.4) is 0 Å². The van der Waals surface area contributed by atoms with E-state index in [4.69, 9.17) is 0 Å². The molecule has 1 aliphatic rings. The van der Waals surface area contributed by atoms with Crippen LogP contribution in [0.2, 0.25) is 0 Å². The normalized spacial score (nSPS) is 21.7. The summed E-state index contributed by atoms with van der Waals surface area (Å²) in [6.45, 7) is 2.06. The number of nitrogens with zero attached hydrogens (tertiary/aromatic N) is 2. The van der Waals surface area contributed by atoms with Gasteiger partial charge in [-0.1, -0.05) is 18.2 Å². The lowest BCUT2D eigenvalue weighted by atomic mass is 9.94. The highest BCUT2D eigenvalue weighted by molar-refractivity contribution is 5.84. The predicted molar refractivity (Wildman–Crippen MR) is 101 cm³/mol. The highest BCUT2D eigenvalue weighted by atomic mass is 16.3. The number of benzene rings is 1. The van der Waals surface area contributed by atoms with Gasteiger partial charge in [0.15, 0.2) is 0 Å². The van der Waals surface area contributed by atoms with E-state index in [9.17, 15) is 9.90 Å². The molecule has 0 radical (unpaired) electrons. The van der Waals surface area contributed by atoms with Crippen LogP contribution < -0.4 is 0 Å². The molecule has 1 aliphatic heterocycles. The third-order valence-electron chi connectivity index (χ3n) is 5.16. The molecule has 0 aliphatic carbocycles. The van der Waals surface area contributed by atoms with Crippen molar-refractivity contribution in [3.63, 3.8) is 0 Å². The van der Waals surface area contributed by atoms with E-state index in [0.29, 0.717) is 25.9 Å². The Balaban J connectivity index is 1.56. The molecule has 5 heteroatoms. The molecule has 1 aromatic carbocycles. The van der Waals surface area contributed by atoms with Crippen LogP contribution in [0, 0.1) is 0 Å². The number of carbonyl (C=O) groups is 1. The Bertz CT molecular complexity index is 725. The molecule has 25 heavy (non-hydrogen) atoms. The maximum absolute atomic E-state index is 12.6. The molecule has 1 fully saturated rings. The predicted octanol–water partition coefficient (Wildman–Crippen LogP) is 2.41. The number of rotatable bonds is 5. The molecule has 2 heterocycles. The number of likely N-dealkylation sites (N-methyl/N-ethyl adjacent to an activating group) is 1. The van der Waals surface area contributed by atoms with Crippen LogP contribution in [0.5, 0.6) is 0 Å². The van der Waals surface area contributed by atoms with Crippen molar-refractivity contribution in [3.05, 3.63) is 36.0 Å². The lowest BCUT2D eigenvalue weighted by molar-refractivity contribution is -0.131. The van der Waals surface area contributed by atoms with Gasteiger partial charge in [-0.2, -0.15) is 0 Å². The number of H-pyrrole nitrogens is 1. The number of hydrogen-bond donors (Lipinski definition) is 2. The molecule has 0 unspecified atom stereocenters. The van der Waals surface area contributed by atoms with E-state index in [1.54, 1.807) is 0 Å². The minimum absolute atomic E-state index is 0.194. The van der Waals surface area contributed by atoms with Gasteiger partial charge in [0.05, 0.1) is 5.60 Å². The molecule has 1 atom stereocenters. The first-order valence-corrected chi connectivity index (χ1v) is 9.17. The first kappa shape index (κ1) is 18.0. The average Bonchev–Trinajstić information content (AvgIpc) is 2.88. The van der Waals surface area contributed by atoms with Gasteiger partial charge in [0.1, 0.15) is 0 Å². The minimum atomic E-state index is -0.671. The van der Waals surface area contributed by atoms with Gasteiger partial charge >= 0.3 is 0 Å². The fourth-order valence-electron chi connectivity index (χ4n) is 3.91. The van der Waals surface area contributed by atoms with Gasteiger partial charge < -0.3 is 19.9 Å². The maximum atomic E-state index is 12.6. The first-order chi connectivity index (χ1) is 12.0. The van der Waals surface area contributed by atoms with E-state index in [2.05, 4.69) is 17.1 Å². The highest BCUT2D eigenvalue weighted by Gasteiger charge is 2.31. The summed E-state index contributed by atoms with van der Waals surface area (Å²) in [5, 5.41) is 11.9. The summed E-state index contributed by atoms with van der Waals surface area (Å²) in [5.41, 5.74) is 1.64. The fourth-order valence-corrected chi connectivity index (χ4v) is 3.91. The summed E-state index contributed by atoms with van der Waals surface area (Å²) in [5.74, 6) is 0.194. The van der Waals surface area contributed by atoms with E-state index < -0.39 is 5.60 Å². The second-order valence-electron chi connectivity index (χ2n) is 7.56. The van der Waals surface area contributed by atoms with Crippen LogP contribution in [0.1, 0.15) is 31.2 Å². The Morgan fingerprint density at radius 1 is 1.28 bits per heavy atom. The number of aliphatic hydroxyl groups is 1. The molecule has 1 aromatic heterocycles. The number of amides is 1. The number of aromatic nitrogens is 1. The van der Waals surface area contributed by atoms with Crippen LogP contribution in [0.15, 0.2) is 30.5 Å². The van der Waals surface area contributed by atoms with Crippen LogP contribution in [-0.2, 0) is 11.2 Å². The van der Waals surface area contributed by atoms with Crippen molar-refractivity contribution in [2.75, 3.05) is 33.7 Å². The summed E-state index contributed by atoms with van der Waals surface area (Å²) in [6.07, 6.45) is 5.57. The smallest absolute Gasteiger partial charge is 0.222 e. The summed E-state index contributed by atoms with van der Waals surface area (Å²) >= 11 is 0. The van der Waals surface area contributed by atoms with Crippen LogP contribution in [0.4, 0.5) is 0 Å². The van der Waals surface area contributed by atoms with E-state index in [-0.39, 0.29) is 5.91 Å². The zero-order valence-corrected chi connectivity index (χ0v) is 15.3. The number of likely N-dealkylation sites (tertiary alicyclic amines) is 1. The first-order valence-electron chi connectivity index (χ1n) is 9.17. The lowest BCUT2D eigenvalue weighted by Crippen LogP contribution is -2.41. The van der Waals surface area contributed by atoms with Crippen molar-refractivity contribution in [2.45, 2.75) is 37.7 Å². The van der Waals surface area contributed by atoms with Crippen molar-refractivity contribution < 1.29 is 9.90 Å². The zero-order valence-electron chi connectivity index (χ0n) is 15.3. The van der Waals surface area contributed by atoms with Crippen LogP contribution in [-0.4, -0.2) is 65.1 Å². The fraction of sp³-hybridized carbons (Fsp3) is 0.550. The second kappa shape index (κ2) is 7.58. The quantitative estimate of drug-likeness (QED) is 0.876. The number of hydrogen-bond acceptors (Lipinski definition) is 3. The molecule has 0 saturated carbocycles. The van der Waals surface area contributed by atoms with Crippen molar-refractivity contribution in [2.24, 2.45) is 0 Å². The van der Waals surface area contributed by atoms with Gasteiger partial charge in [-0.3, -0.25) is 4.79 Å². The Morgan fingerprint density at radius 2 is 2.08 bits per heavy atom. The maximum Gasteiger partial charge on any atom is 0.222 e. The van der Waals surface area contributed by atoms with Crippen molar-refractivity contribution in [3.8, 4) is 0 Å². The zero-order chi connectivity index (χ0) is 17.9. The average molecular weight is 343 g/mol. The Kier molecular flexibility index (Phi) is 5.45. The highest BCUT2D eigenvalue weighted by Crippen LogP contribution is 2.24. The number of aromatic amines is 1. The molecule has 0 bridgehead atoms. The third kappa shape index (κ3) is 4.41. The number of fused-ring (bicyclic) bond motifs is 1. The lowest BCUT2D eigenvalue weighted by Gasteiger charge is -2.30. The molecular formula is C20H29N3O2. The summed E-state index contributed by atoms with van der Waals surface area (Å²) in [4.78, 5) is 19.9. The third-order valence-corrected chi connectivity index (χ3v) is 5.16. The topological polar surface area (TPSA) is 59.6 Å². The van der Waals surface area contributed by atoms with Crippen molar-refractivity contribution >= 4 is 16.8 Å². The Morgan fingerprint density at radius 3 is 2.88 bits per heavy atom. The van der Waals surface area contributed by atoms with E-state index in [0.717, 1.165) is 31.3 Å². The monoisotopic (exact) mass is 343 g/mol. The van der Waals surface area contributed by atoms with Crippen molar-refractivity contribution in [1.82, 2.24) is 14.8 Å². The van der Waals surface area contributed by atoms with E-state index in [1.165, 1.54) is 10.9 Å². The molecule has 5 nitrogen and oxygen atoms in total. The van der Waals surface area contributed by atoms with E-state index >= 15 is 0 Å². The van der Waals surface area contributed by atoms with E-state index in [1.807, 2.05) is 42.2 Å². The number of para-hydroxylation sites is 1. The number of nitrogens with one attached hydrogen (secondary N) is 1. The van der Waals surface area contributed by atoms with Gasteiger partial charge in [0, 0.05) is 43.2 Å². The van der Waals surface area contributed by atoms with Gasteiger partial charge in [0.2, 0.25) is 5.91 Å². The minimum Gasteiger partial charge on any atom is -0.388 e. The number of carbonyl (C=O) groups excluding carboxylic acids is 1. The van der Waals surface area contributed by atoms with Gasteiger partial charge in [-0.15, -0.1) is 0 Å². The largest absolute Gasteiger partial charge is 0.388 e. The summed E-state index contributed by atoms with van der Waals surface area (Å²) < 4.78 is 0. The molecule has 1 saturated heterocycles. The SMILES string of the molecule is CN(C)C[C@]1(O)CCCN(C(=O)CCc2c[nH]c3ccccc23)CC1. The van der Waals surface area contributed by atoms with Crippen LogP contribution >= 0.6 is 0 Å². The standard InChI is InChI=1S/C20H29N3O2/c1-22(2)15-20(25)10-5-12-23(13-11-20)19(24)9-8-16-14-21-18-7-4-3-6-17(16)18/h3-4,6-7,14,21,25H,5,8-13,15H2,1-2H3/t20-/m0/s1.